The van der Waals surface area contributed by atoms with Crippen LogP contribution in [0.2, 0.25) is 0 Å². The maximum absolute atomic E-state index is 12.6. The average Bonchev–Trinajstić information content (AvgIpc) is 2.60. The average molecular weight is 419 g/mol. The molecule has 0 aliphatic heterocycles. The second kappa shape index (κ2) is 9.38. The Balaban J connectivity index is 1.99. The summed E-state index contributed by atoms with van der Waals surface area (Å²) in [4.78, 5) is 24.8. The van der Waals surface area contributed by atoms with Gasteiger partial charge in [-0.15, -0.1) is 0 Å². The van der Waals surface area contributed by atoms with Crippen molar-refractivity contribution < 1.29 is 14.3 Å². The standard InChI is InChI=1S/C20H23BrN2O3/c1-13(2)26-18-11-16(21)9-10-17(18)20(25)23-14(3)19(24)22-12-15-7-5-4-6-8-15/h4-11,13-14H,12H2,1-3H3,(H,22,24)(H,23,25). The number of rotatable bonds is 7. The molecule has 138 valence electrons. The summed E-state index contributed by atoms with van der Waals surface area (Å²) >= 11 is 3.38. The fourth-order valence-corrected chi connectivity index (χ4v) is 2.65. The minimum Gasteiger partial charge on any atom is -0.490 e. The topological polar surface area (TPSA) is 67.4 Å². The number of halogens is 1. The van der Waals surface area contributed by atoms with Crippen molar-refractivity contribution in [1.29, 1.82) is 0 Å². The molecule has 0 bridgehead atoms. The predicted molar refractivity (Wildman–Crippen MR) is 105 cm³/mol. The van der Waals surface area contributed by atoms with Crippen molar-refractivity contribution in [2.75, 3.05) is 0 Å². The van der Waals surface area contributed by atoms with Gasteiger partial charge in [-0.05, 0) is 44.5 Å². The Morgan fingerprint density at radius 2 is 1.77 bits per heavy atom. The van der Waals surface area contributed by atoms with E-state index >= 15 is 0 Å². The molecule has 0 aromatic heterocycles. The van der Waals surface area contributed by atoms with Crippen LogP contribution in [0.3, 0.4) is 0 Å². The van der Waals surface area contributed by atoms with Gasteiger partial charge in [0, 0.05) is 11.0 Å². The molecular formula is C20H23BrN2O3. The van der Waals surface area contributed by atoms with Gasteiger partial charge in [-0.1, -0.05) is 46.3 Å². The van der Waals surface area contributed by atoms with Crippen LogP contribution in [-0.4, -0.2) is 24.0 Å². The van der Waals surface area contributed by atoms with Gasteiger partial charge in [0.05, 0.1) is 11.7 Å². The van der Waals surface area contributed by atoms with E-state index in [9.17, 15) is 9.59 Å². The third-order valence-corrected chi connectivity index (χ3v) is 4.09. The maximum Gasteiger partial charge on any atom is 0.255 e. The quantitative estimate of drug-likeness (QED) is 0.720. The van der Waals surface area contributed by atoms with Crippen molar-refractivity contribution in [1.82, 2.24) is 10.6 Å². The number of benzene rings is 2. The summed E-state index contributed by atoms with van der Waals surface area (Å²) < 4.78 is 6.52. The minimum atomic E-state index is -0.665. The molecule has 2 N–H and O–H groups in total. The first kappa shape index (κ1) is 20.0. The third-order valence-electron chi connectivity index (χ3n) is 3.60. The zero-order valence-corrected chi connectivity index (χ0v) is 16.7. The number of ether oxygens (including phenoxy) is 1. The molecule has 5 nitrogen and oxygen atoms in total. The first-order valence-corrected chi connectivity index (χ1v) is 9.25. The molecule has 0 spiro atoms. The van der Waals surface area contributed by atoms with Crippen molar-refractivity contribution in [3.63, 3.8) is 0 Å². The number of amides is 2. The van der Waals surface area contributed by atoms with E-state index in [1.807, 2.05) is 44.2 Å². The Kier molecular flexibility index (Phi) is 7.21. The third kappa shape index (κ3) is 5.88. The highest BCUT2D eigenvalue weighted by Crippen LogP contribution is 2.25. The molecule has 26 heavy (non-hydrogen) atoms. The molecule has 2 aromatic carbocycles. The number of nitrogens with one attached hydrogen (secondary N) is 2. The summed E-state index contributed by atoms with van der Waals surface area (Å²) in [5.41, 5.74) is 1.39. The molecule has 0 saturated carbocycles. The van der Waals surface area contributed by atoms with E-state index in [2.05, 4.69) is 26.6 Å². The summed E-state index contributed by atoms with van der Waals surface area (Å²) in [5, 5.41) is 5.54. The van der Waals surface area contributed by atoms with Crippen molar-refractivity contribution in [2.45, 2.75) is 39.5 Å². The van der Waals surface area contributed by atoms with Gasteiger partial charge in [0.1, 0.15) is 11.8 Å². The van der Waals surface area contributed by atoms with Gasteiger partial charge in [-0.2, -0.15) is 0 Å². The molecule has 0 heterocycles. The summed E-state index contributed by atoms with van der Waals surface area (Å²) in [6.07, 6.45) is -0.0672. The van der Waals surface area contributed by atoms with E-state index in [1.165, 1.54) is 0 Å². The fraction of sp³-hybridized carbons (Fsp3) is 0.300. The molecule has 0 aliphatic carbocycles. The van der Waals surface area contributed by atoms with Crippen LogP contribution < -0.4 is 15.4 Å². The van der Waals surface area contributed by atoms with E-state index in [0.29, 0.717) is 17.9 Å². The molecule has 1 atom stereocenters. The second-order valence-electron chi connectivity index (χ2n) is 6.21. The van der Waals surface area contributed by atoms with E-state index in [1.54, 1.807) is 25.1 Å². The lowest BCUT2D eigenvalue weighted by Crippen LogP contribution is -2.44. The molecule has 2 rings (SSSR count). The predicted octanol–water partition coefficient (Wildman–Crippen LogP) is 3.67. The Morgan fingerprint density at radius 1 is 1.08 bits per heavy atom. The van der Waals surface area contributed by atoms with Gasteiger partial charge in [-0.3, -0.25) is 9.59 Å². The molecular weight excluding hydrogens is 396 g/mol. The molecule has 0 saturated heterocycles. The molecule has 0 radical (unpaired) electrons. The summed E-state index contributed by atoms with van der Waals surface area (Å²) in [6, 6.07) is 14.1. The van der Waals surface area contributed by atoms with E-state index in [0.717, 1.165) is 10.0 Å². The highest BCUT2D eigenvalue weighted by molar-refractivity contribution is 9.10. The zero-order chi connectivity index (χ0) is 19.1. The number of hydrogen-bond donors (Lipinski definition) is 2. The molecule has 0 fully saturated rings. The Hall–Kier alpha value is -2.34. The van der Waals surface area contributed by atoms with Gasteiger partial charge >= 0.3 is 0 Å². The minimum absolute atomic E-state index is 0.0672. The summed E-state index contributed by atoms with van der Waals surface area (Å²) in [6.45, 7) is 5.85. The SMILES string of the molecule is CC(C)Oc1cc(Br)ccc1C(=O)NC(C)C(=O)NCc1ccccc1. The van der Waals surface area contributed by atoms with Gasteiger partial charge in [0.15, 0.2) is 0 Å². The van der Waals surface area contributed by atoms with Crippen LogP contribution in [0, 0.1) is 0 Å². The van der Waals surface area contributed by atoms with Gasteiger partial charge in [0.25, 0.3) is 5.91 Å². The van der Waals surface area contributed by atoms with Crippen LogP contribution in [0.5, 0.6) is 5.75 Å². The molecule has 1 unspecified atom stereocenters. The fourth-order valence-electron chi connectivity index (χ4n) is 2.31. The highest BCUT2D eigenvalue weighted by atomic mass is 79.9. The first-order chi connectivity index (χ1) is 12.4. The molecule has 2 amide bonds. The molecule has 6 heteroatoms. The van der Waals surface area contributed by atoms with Crippen LogP contribution in [-0.2, 0) is 11.3 Å². The maximum atomic E-state index is 12.6. The van der Waals surface area contributed by atoms with Crippen molar-refractivity contribution in [3.05, 3.63) is 64.1 Å². The van der Waals surface area contributed by atoms with Crippen LogP contribution in [0.4, 0.5) is 0 Å². The lowest BCUT2D eigenvalue weighted by Gasteiger charge is -2.17. The van der Waals surface area contributed by atoms with E-state index in [4.69, 9.17) is 4.74 Å². The lowest BCUT2D eigenvalue weighted by molar-refractivity contribution is -0.122. The van der Waals surface area contributed by atoms with E-state index < -0.39 is 6.04 Å². The van der Waals surface area contributed by atoms with Crippen molar-refractivity contribution >= 4 is 27.7 Å². The van der Waals surface area contributed by atoms with Crippen molar-refractivity contribution in [2.24, 2.45) is 0 Å². The Bertz CT molecular complexity index is 763. The number of carbonyl (C=O) groups excluding carboxylic acids is 2. The normalized spacial score (nSPS) is 11.7. The molecule has 0 aliphatic rings. The van der Waals surface area contributed by atoms with Crippen LogP contribution in [0.1, 0.15) is 36.7 Å². The highest BCUT2D eigenvalue weighted by Gasteiger charge is 2.19. The lowest BCUT2D eigenvalue weighted by atomic mass is 10.1. The van der Waals surface area contributed by atoms with Crippen molar-refractivity contribution in [3.8, 4) is 5.75 Å². The number of carbonyl (C=O) groups is 2. The van der Waals surface area contributed by atoms with Gasteiger partial charge < -0.3 is 15.4 Å². The Labute approximate surface area is 162 Å². The number of hydrogen-bond acceptors (Lipinski definition) is 3. The van der Waals surface area contributed by atoms with Crippen LogP contribution >= 0.6 is 15.9 Å². The Morgan fingerprint density at radius 3 is 2.42 bits per heavy atom. The zero-order valence-electron chi connectivity index (χ0n) is 15.1. The van der Waals surface area contributed by atoms with Crippen LogP contribution in [0.15, 0.2) is 53.0 Å². The van der Waals surface area contributed by atoms with E-state index in [-0.39, 0.29) is 17.9 Å². The smallest absolute Gasteiger partial charge is 0.255 e. The second-order valence-corrected chi connectivity index (χ2v) is 7.12. The first-order valence-electron chi connectivity index (χ1n) is 8.45. The monoisotopic (exact) mass is 418 g/mol. The summed E-state index contributed by atoms with van der Waals surface area (Å²) in [7, 11) is 0. The summed E-state index contributed by atoms with van der Waals surface area (Å²) in [5.74, 6) is -0.120. The van der Waals surface area contributed by atoms with Gasteiger partial charge in [-0.25, -0.2) is 0 Å². The molecule has 2 aromatic rings. The van der Waals surface area contributed by atoms with Gasteiger partial charge in [0.2, 0.25) is 5.91 Å². The van der Waals surface area contributed by atoms with Crippen LogP contribution in [0.25, 0.3) is 0 Å². The largest absolute Gasteiger partial charge is 0.490 e.